The number of anilines is 1. The molecule has 0 atom stereocenters. The molecule has 4 heterocycles. The van der Waals surface area contributed by atoms with Gasteiger partial charge >= 0.3 is 0 Å². The second-order valence-electron chi connectivity index (χ2n) is 4.62. The fourth-order valence-electron chi connectivity index (χ4n) is 1.95. The highest BCUT2D eigenvalue weighted by atomic mass is 32.1. The van der Waals surface area contributed by atoms with E-state index in [1.807, 2.05) is 17.5 Å². The number of rotatable bonds is 4. The Morgan fingerprint density at radius 2 is 2.21 bits per heavy atom. The SMILES string of the molecule is O=C(Nc1cc(-c2cccs2)no1)c1ccc(-n2cncn2)nn1. The van der Waals surface area contributed by atoms with Crippen molar-refractivity contribution in [3.8, 4) is 16.4 Å². The van der Waals surface area contributed by atoms with Crippen molar-refractivity contribution < 1.29 is 9.32 Å². The Kier molecular flexibility index (Phi) is 3.56. The first-order valence-corrected chi connectivity index (χ1v) is 7.68. The maximum atomic E-state index is 12.2. The van der Waals surface area contributed by atoms with Gasteiger partial charge in [-0.1, -0.05) is 11.2 Å². The summed E-state index contributed by atoms with van der Waals surface area (Å²) in [5.74, 6) is 0.260. The van der Waals surface area contributed by atoms with Crippen LogP contribution in [-0.4, -0.2) is 36.0 Å². The van der Waals surface area contributed by atoms with Crippen LogP contribution in [0.4, 0.5) is 5.88 Å². The molecule has 0 saturated heterocycles. The number of nitrogens with zero attached hydrogens (tertiary/aromatic N) is 6. The minimum absolute atomic E-state index is 0.146. The number of hydrogen-bond donors (Lipinski definition) is 1. The van der Waals surface area contributed by atoms with Crippen LogP contribution < -0.4 is 5.32 Å². The van der Waals surface area contributed by atoms with Crippen molar-refractivity contribution in [2.75, 3.05) is 5.32 Å². The van der Waals surface area contributed by atoms with Crippen molar-refractivity contribution in [1.29, 1.82) is 0 Å². The van der Waals surface area contributed by atoms with E-state index in [1.165, 1.54) is 34.7 Å². The van der Waals surface area contributed by atoms with Crippen LogP contribution in [0.2, 0.25) is 0 Å². The highest BCUT2D eigenvalue weighted by Crippen LogP contribution is 2.25. The Labute approximate surface area is 139 Å². The number of thiophene rings is 1. The third-order valence-corrected chi connectivity index (χ3v) is 3.95. The molecule has 4 aromatic heterocycles. The molecule has 4 aromatic rings. The lowest BCUT2D eigenvalue weighted by Crippen LogP contribution is -2.14. The van der Waals surface area contributed by atoms with Gasteiger partial charge in [0.05, 0.1) is 4.88 Å². The molecule has 0 aliphatic carbocycles. The predicted octanol–water partition coefficient (Wildman–Crippen LogP) is 2.03. The smallest absolute Gasteiger partial charge is 0.278 e. The summed E-state index contributed by atoms with van der Waals surface area (Å²) in [5.41, 5.74) is 0.806. The van der Waals surface area contributed by atoms with E-state index in [-0.39, 0.29) is 11.6 Å². The number of nitrogens with one attached hydrogen (secondary N) is 1. The van der Waals surface area contributed by atoms with Crippen LogP contribution in [0, 0.1) is 0 Å². The number of carbonyl (C=O) groups is 1. The van der Waals surface area contributed by atoms with E-state index in [0.29, 0.717) is 11.5 Å². The van der Waals surface area contributed by atoms with Crippen molar-refractivity contribution in [2.45, 2.75) is 0 Å². The van der Waals surface area contributed by atoms with Gasteiger partial charge in [-0.2, -0.15) is 5.10 Å². The molecule has 10 heteroatoms. The van der Waals surface area contributed by atoms with E-state index in [1.54, 1.807) is 12.1 Å². The highest BCUT2D eigenvalue weighted by Gasteiger charge is 2.13. The van der Waals surface area contributed by atoms with Gasteiger partial charge in [-0.15, -0.1) is 21.5 Å². The first-order valence-electron chi connectivity index (χ1n) is 6.80. The Hall–Kier alpha value is -3.40. The molecule has 0 unspecified atom stereocenters. The zero-order chi connectivity index (χ0) is 16.4. The Bertz CT molecular complexity index is 946. The molecule has 0 aliphatic heterocycles. The van der Waals surface area contributed by atoms with Crippen molar-refractivity contribution in [1.82, 2.24) is 30.1 Å². The van der Waals surface area contributed by atoms with E-state index in [4.69, 9.17) is 4.52 Å². The van der Waals surface area contributed by atoms with Crippen molar-refractivity contribution in [2.24, 2.45) is 0 Å². The quantitative estimate of drug-likeness (QED) is 0.605. The minimum atomic E-state index is -0.443. The lowest BCUT2D eigenvalue weighted by atomic mass is 10.3. The molecule has 0 fully saturated rings. The number of hydrogen-bond acceptors (Lipinski definition) is 8. The molecule has 1 N–H and O–H groups in total. The standard InChI is InChI=1S/C14H9N7O2S/c22-14(9-3-4-12(19-18-9)21-8-15-7-16-21)17-13-6-10(20-23-13)11-2-1-5-24-11/h1-8H,(H,17,22). The molecule has 0 spiro atoms. The average Bonchev–Trinajstić information content (AvgIpc) is 3.36. The number of amides is 1. The van der Waals surface area contributed by atoms with E-state index in [9.17, 15) is 4.79 Å². The molecule has 0 aliphatic rings. The molecule has 118 valence electrons. The monoisotopic (exact) mass is 339 g/mol. The van der Waals surface area contributed by atoms with Crippen LogP contribution in [-0.2, 0) is 0 Å². The van der Waals surface area contributed by atoms with Crippen LogP contribution in [0.1, 0.15) is 10.5 Å². The summed E-state index contributed by atoms with van der Waals surface area (Å²) in [6.45, 7) is 0. The van der Waals surface area contributed by atoms with Gasteiger partial charge in [0.25, 0.3) is 5.91 Å². The van der Waals surface area contributed by atoms with Crippen LogP contribution in [0.25, 0.3) is 16.4 Å². The molecule has 0 radical (unpaired) electrons. The topological polar surface area (TPSA) is 112 Å². The summed E-state index contributed by atoms with van der Waals surface area (Å²) in [7, 11) is 0. The van der Waals surface area contributed by atoms with Crippen LogP contribution >= 0.6 is 11.3 Å². The molecule has 0 bridgehead atoms. The molecule has 4 rings (SSSR count). The molecular weight excluding hydrogens is 330 g/mol. The largest absolute Gasteiger partial charge is 0.338 e. The van der Waals surface area contributed by atoms with Crippen LogP contribution in [0.15, 0.2) is 52.9 Å². The van der Waals surface area contributed by atoms with E-state index in [0.717, 1.165) is 4.88 Å². The summed E-state index contributed by atoms with van der Waals surface area (Å²) in [6, 6.07) is 8.65. The van der Waals surface area contributed by atoms with Gasteiger partial charge in [0.2, 0.25) is 5.88 Å². The van der Waals surface area contributed by atoms with Crippen molar-refractivity contribution in [3.63, 3.8) is 0 Å². The summed E-state index contributed by atoms with van der Waals surface area (Å²) in [4.78, 5) is 17.0. The summed E-state index contributed by atoms with van der Waals surface area (Å²) in [5, 5.41) is 20.2. The van der Waals surface area contributed by atoms with Gasteiger partial charge in [-0.3, -0.25) is 10.1 Å². The van der Waals surface area contributed by atoms with Gasteiger partial charge in [-0.25, -0.2) is 9.67 Å². The average molecular weight is 339 g/mol. The second-order valence-corrected chi connectivity index (χ2v) is 5.57. The predicted molar refractivity (Wildman–Crippen MR) is 84.7 cm³/mol. The third-order valence-electron chi connectivity index (χ3n) is 3.06. The lowest BCUT2D eigenvalue weighted by Gasteiger charge is -2.01. The maximum Gasteiger partial charge on any atom is 0.278 e. The van der Waals surface area contributed by atoms with Crippen LogP contribution in [0.3, 0.4) is 0 Å². The van der Waals surface area contributed by atoms with Gasteiger partial charge in [0, 0.05) is 6.07 Å². The van der Waals surface area contributed by atoms with Crippen molar-refractivity contribution in [3.05, 3.63) is 54.1 Å². The summed E-state index contributed by atoms with van der Waals surface area (Å²) < 4.78 is 6.56. The maximum absolute atomic E-state index is 12.2. The third kappa shape index (κ3) is 2.77. The summed E-state index contributed by atoms with van der Waals surface area (Å²) in [6.07, 6.45) is 2.88. The zero-order valence-electron chi connectivity index (χ0n) is 12.0. The fourth-order valence-corrected chi connectivity index (χ4v) is 2.62. The molecule has 9 nitrogen and oxygen atoms in total. The van der Waals surface area contributed by atoms with Crippen molar-refractivity contribution >= 4 is 23.1 Å². The molecule has 24 heavy (non-hydrogen) atoms. The van der Waals surface area contributed by atoms with Gasteiger partial charge < -0.3 is 4.52 Å². The molecule has 0 aromatic carbocycles. The van der Waals surface area contributed by atoms with Gasteiger partial charge in [0.15, 0.2) is 11.5 Å². The Morgan fingerprint density at radius 1 is 1.25 bits per heavy atom. The summed E-state index contributed by atoms with van der Waals surface area (Å²) >= 11 is 1.53. The van der Waals surface area contributed by atoms with E-state index < -0.39 is 5.91 Å². The van der Waals surface area contributed by atoms with E-state index >= 15 is 0 Å². The molecular formula is C14H9N7O2S. The highest BCUT2D eigenvalue weighted by molar-refractivity contribution is 7.13. The zero-order valence-corrected chi connectivity index (χ0v) is 12.8. The Morgan fingerprint density at radius 3 is 2.92 bits per heavy atom. The normalized spacial score (nSPS) is 10.7. The first-order chi connectivity index (χ1) is 11.8. The van der Waals surface area contributed by atoms with Gasteiger partial charge in [-0.05, 0) is 23.6 Å². The molecule has 1 amide bonds. The second kappa shape index (κ2) is 6.01. The number of carbonyl (C=O) groups excluding carboxylic acids is 1. The van der Waals surface area contributed by atoms with Crippen LogP contribution in [0.5, 0.6) is 0 Å². The number of aromatic nitrogens is 6. The first kappa shape index (κ1) is 14.2. The van der Waals surface area contributed by atoms with E-state index in [2.05, 4.69) is 30.8 Å². The lowest BCUT2D eigenvalue weighted by molar-refractivity contribution is 0.101. The molecule has 0 saturated carbocycles. The fraction of sp³-hybridized carbons (Fsp3) is 0. The minimum Gasteiger partial charge on any atom is -0.338 e. The van der Waals surface area contributed by atoms with Gasteiger partial charge in [0.1, 0.15) is 18.3 Å². The Balaban J connectivity index is 1.48.